The van der Waals surface area contributed by atoms with E-state index in [0.29, 0.717) is 39.1 Å². The summed E-state index contributed by atoms with van der Waals surface area (Å²) in [7, 11) is 0. The monoisotopic (exact) mass is 374 g/mol. The number of phenols is 1. The molecule has 2 aromatic carbocycles. The fraction of sp³-hybridized carbons (Fsp3) is 0.118. The zero-order valence-electron chi connectivity index (χ0n) is 13.3. The summed E-state index contributed by atoms with van der Waals surface area (Å²) < 4.78 is 7.13. The lowest BCUT2D eigenvalue weighted by molar-refractivity contribution is 0.318. The second-order valence-electron chi connectivity index (χ2n) is 5.02. The minimum atomic E-state index is 0.0161. The lowest BCUT2D eigenvalue weighted by atomic mass is 10.2. The van der Waals surface area contributed by atoms with Gasteiger partial charge in [-0.2, -0.15) is 14.9 Å². The van der Waals surface area contributed by atoms with E-state index in [1.807, 2.05) is 25.1 Å². The van der Waals surface area contributed by atoms with Crippen molar-refractivity contribution in [1.29, 1.82) is 0 Å². The molecule has 2 N–H and O–H groups in total. The average Bonchev–Trinajstić information content (AvgIpc) is 2.97. The molecule has 0 bridgehead atoms. The third-order valence-electron chi connectivity index (χ3n) is 3.41. The number of hydrogen-bond acceptors (Lipinski definition) is 5. The van der Waals surface area contributed by atoms with Crippen LogP contribution in [0.2, 0.25) is 5.02 Å². The van der Waals surface area contributed by atoms with Gasteiger partial charge in [-0.3, -0.25) is 0 Å². The van der Waals surface area contributed by atoms with Crippen LogP contribution in [0.4, 0.5) is 0 Å². The Hall–Kier alpha value is -2.64. The average molecular weight is 375 g/mol. The molecule has 1 aromatic heterocycles. The highest BCUT2D eigenvalue weighted by Gasteiger charge is 2.12. The maximum Gasteiger partial charge on any atom is 0.216 e. The zero-order chi connectivity index (χ0) is 17.8. The first-order chi connectivity index (χ1) is 12.1. The van der Waals surface area contributed by atoms with Crippen molar-refractivity contribution in [1.82, 2.24) is 14.9 Å². The number of halogens is 1. The quantitative estimate of drug-likeness (QED) is 0.517. The molecule has 0 aliphatic rings. The summed E-state index contributed by atoms with van der Waals surface area (Å²) in [6, 6.07) is 12.5. The van der Waals surface area contributed by atoms with Crippen molar-refractivity contribution in [3.8, 4) is 22.9 Å². The van der Waals surface area contributed by atoms with Gasteiger partial charge in [-0.1, -0.05) is 29.8 Å². The number of aromatic hydroxyl groups is 1. The van der Waals surface area contributed by atoms with Gasteiger partial charge in [-0.25, -0.2) is 5.10 Å². The standard InChI is InChI=1S/C17H15ClN4O2S/c1-2-24-14-9-5-6-11(15(14)23)10-19-22-16(20-21-17(22)25)12-7-3-4-8-13(12)18/h3-10,23H,2H2,1H3,(H,21,25). The molecule has 25 heavy (non-hydrogen) atoms. The van der Waals surface area contributed by atoms with E-state index < -0.39 is 0 Å². The number of nitrogens with one attached hydrogen (secondary N) is 1. The van der Waals surface area contributed by atoms with E-state index in [0.717, 1.165) is 0 Å². The Balaban J connectivity index is 2.01. The number of phenolic OH excluding ortho intramolecular Hbond substituents is 1. The highest BCUT2D eigenvalue weighted by molar-refractivity contribution is 7.71. The van der Waals surface area contributed by atoms with Gasteiger partial charge in [0.25, 0.3) is 0 Å². The van der Waals surface area contributed by atoms with Crippen LogP contribution in [0.1, 0.15) is 12.5 Å². The summed E-state index contributed by atoms with van der Waals surface area (Å²) in [6.07, 6.45) is 1.49. The maximum atomic E-state index is 10.3. The van der Waals surface area contributed by atoms with Gasteiger partial charge in [0, 0.05) is 11.1 Å². The predicted molar refractivity (Wildman–Crippen MR) is 100 cm³/mol. The molecule has 3 rings (SSSR count). The van der Waals surface area contributed by atoms with Crippen molar-refractivity contribution in [3.63, 3.8) is 0 Å². The van der Waals surface area contributed by atoms with Gasteiger partial charge >= 0.3 is 0 Å². The Labute approximate surface area is 154 Å². The van der Waals surface area contributed by atoms with Crippen molar-refractivity contribution in [2.24, 2.45) is 5.10 Å². The number of ether oxygens (including phenoxy) is 1. The lowest BCUT2D eigenvalue weighted by Gasteiger charge is -2.07. The molecule has 0 amide bonds. The third-order valence-corrected chi connectivity index (χ3v) is 4.00. The van der Waals surface area contributed by atoms with Gasteiger partial charge in [0.2, 0.25) is 4.77 Å². The van der Waals surface area contributed by atoms with Crippen LogP contribution < -0.4 is 4.74 Å². The first-order valence-corrected chi connectivity index (χ1v) is 8.32. The van der Waals surface area contributed by atoms with Crippen LogP contribution in [0.3, 0.4) is 0 Å². The molecular weight excluding hydrogens is 360 g/mol. The Morgan fingerprint density at radius 1 is 1.32 bits per heavy atom. The molecule has 0 saturated carbocycles. The lowest BCUT2D eigenvalue weighted by Crippen LogP contribution is -1.97. The number of aromatic nitrogens is 3. The number of nitrogens with zero attached hydrogens (tertiary/aromatic N) is 3. The normalized spacial score (nSPS) is 11.1. The number of rotatable bonds is 5. The number of hydrogen-bond donors (Lipinski definition) is 2. The molecule has 0 unspecified atom stereocenters. The summed E-state index contributed by atoms with van der Waals surface area (Å²) in [5.74, 6) is 0.892. The fourth-order valence-corrected chi connectivity index (χ4v) is 2.65. The molecule has 1 heterocycles. The molecule has 6 nitrogen and oxygen atoms in total. The van der Waals surface area contributed by atoms with Crippen molar-refractivity contribution < 1.29 is 9.84 Å². The second-order valence-corrected chi connectivity index (χ2v) is 5.81. The summed E-state index contributed by atoms with van der Waals surface area (Å²) in [5.41, 5.74) is 1.19. The van der Waals surface area contributed by atoms with Crippen LogP contribution in [0.25, 0.3) is 11.4 Å². The highest BCUT2D eigenvalue weighted by Crippen LogP contribution is 2.29. The van der Waals surface area contributed by atoms with Crippen molar-refractivity contribution in [2.75, 3.05) is 6.61 Å². The molecule has 0 atom stereocenters. The van der Waals surface area contributed by atoms with Gasteiger partial charge in [-0.05, 0) is 43.4 Å². The Morgan fingerprint density at radius 3 is 2.88 bits per heavy atom. The van der Waals surface area contributed by atoms with Crippen molar-refractivity contribution in [3.05, 3.63) is 57.8 Å². The van der Waals surface area contributed by atoms with Gasteiger partial charge in [0.05, 0.1) is 17.8 Å². The summed E-state index contributed by atoms with van der Waals surface area (Å²) >= 11 is 11.5. The van der Waals surface area contributed by atoms with Crippen LogP contribution in [0.15, 0.2) is 47.6 Å². The van der Waals surface area contributed by atoms with Crippen molar-refractivity contribution >= 4 is 30.0 Å². The van der Waals surface area contributed by atoms with Gasteiger partial charge in [0.15, 0.2) is 17.3 Å². The third kappa shape index (κ3) is 3.57. The second kappa shape index (κ2) is 7.50. The van der Waals surface area contributed by atoms with Crippen LogP contribution in [0, 0.1) is 4.77 Å². The Kier molecular flexibility index (Phi) is 5.16. The number of para-hydroxylation sites is 1. The molecule has 0 saturated heterocycles. The molecule has 0 fully saturated rings. The zero-order valence-corrected chi connectivity index (χ0v) is 14.9. The first-order valence-electron chi connectivity index (χ1n) is 7.53. The predicted octanol–water partition coefficient (Wildman–Crippen LogP) is 4.25. The maximum absolute atomic E-state index is 10.3. The van der Waals surface area contributed by atoms with E-state index in [-0.39, 0.29) is 5.75 Å². The minimum Gasteiger partial charge on any atom is -0.504 e. The first kappa shape index (κ1) is 17.2. The van der Waals surface area contributed by atoms with Crippen LogP contribution in [0.5, 0.6) is 11.5 Å². The topological polar surface area (TPSA) is 75.4 Å². The summed E-state index contributed by atoms with van der Waals surface area (Å²) in [6.45, 7) is 2.30. The van der Waals surface area contributed by atoms with Gasteiger partial charge < -0.3 is 9.84 Å². The highest BCUT2D eigenvalue weighted by atomic mass is 35.5. The van der Waals surface area contributed by atoms with Gasteiger partial charge in [-0.15, -0.1) is 0 Å². The largest absolute Gasteiger partial charge is 0.504 e. The van der Waals surface area contributed by atoms with E-state index in [1.165, 1.54) is 10.9 Å². The Bertz CT molecular complexity index is 981. The van der Waals surface area contributed by atoms with E-state index in [4.69, 9.17) is 28.6 Å². The van der Waals surface area contributed by atoms with Gasteiger partial charge in [0.1, 0.15) is 0 Å². The van der Waals surface area contributed by atoms with Crippen LogP contribution in [-0.4, -0.2) is 32.8 Å². The van der Waals surface area contributed by atoms with E-state index in [9.17, 15) is 5.11 Å². The van der Waals surface area contributed by atoms with E-state index >= 15 is 0 Å². The fourth-order valence-electron chi connectivity index (χ4n) is 2.25. The molecule has 0 aliphatic heterocycles. The van der Waals surface area contributed by atoms with E-state index in [2.05, 4.69) is 15.3 Å². The van der Waals surface area contributed by atoms with Crippen LogP contribution in [-0.2, 0) is 0 Å². The van der Waals surface area contributed by atoms with E-state index in [1.54, 1.807) is 24.3 Å². The SMILES string of the molecule is CCOc1cccc(C=Nn2c(-c3ccccc3Cl)n[nH]c2=S)c1O. The molecule has 0 radical (unpaired) electrons. The molecule has 3 aromatic rings. The molecule has 0 aliphatic carbocycles. The smallest absolute Gasteiger partial charge is 0.216 e. The molecule has 0 spiro atoms. The van der Waals surface area contributed by atoms with Crippen LogP contribution >= 0.6 is 23.8 Å². The molecule has 8 heteroatoms. The number of aromatic amines is 1. The summed E-state index contributed by atoms with van der Waals surface area (Å²) in [4.78, 5) is 0. The Morgan fingerprint density at radius 2 is 2.12 bits per heavy atom. The summed E-state index contributed by atoms with van der Waals surface area (Å²) in [5, 5.41) is 22.0. The minimum absolute atomic E-state index is 0.0161. The molecular formula is C17H15ClN4O2S. The van der Waals surface area contributed by atoms with Crippen molar-refractivity contribution in [2.45, 2.75) is 6.92 Å². The number of H-pyrrole nitrogens is 1. The molecule has 128 valence electrons. The number of benzene rings is 2.